The fourth-order valence-corrected chi connectivity index (χ4v) is 1.83. The van der Waals surface area contributed by atoms with Gasteiger partial charge in [-0.1, -0.05) is 6.07 Å². The Labute approximate surface area is 84.5 Å². The van der Waals surface area contributed by atoms with Gasteiger partial charge in [0.25, 0.3) is 0 Å². The number of anilines is 1. The van der Waals surface area contributed by atoms with Crippen LogP contribution in [0.3, 0.4) is 0 Å². The third-order valence-electron chi connectivity index (χ3n) is 2.64. The Morgan fingerprint density at radius 2 is 2.36 bits per heavy atom. The molecule has 1 aromatic carbocycles. The highest BCUT2D eigenvalue weighted by atomic mass is 16.5. The molecule has 1 fully saturated rings. The molecule has 3 nitrogen and oxygen atoms in total. The summed E-state index contributed by atoms with van der Waals surface area (Å²) in [7, 11) is 1.69. The number of nitrogens with zero attached hydrogens (tertiary/aromatic N) is 1. The van der Waals surface area contributed by atoms with E-state index in [1.54, 1.807) is 7.11 Å². The summed E-state index contributed by atoms with van der Waals surface area (Å²) in [5.74, 6) is 0.906. The van der Waals surface area contributed by atoms with Gasteiger partial charge < -0.3 is 15.4 Å². The predicted molar refractivity (Wildman–Crippen MR) is 57.8 cm³/mol. The van der Waals surface area contributed by atoms with Crippen LogP contribution in [-0.4, -0.2) is 26.2 Å². The third-order valence-corrected chi connectivity index (χ3v) is 2.64. The third kappa shape index (κ3) is 1.82. The number of hydrogen-bond donors (Lipinski definition) is 1. The lowest BCUT2D eigenvalue weighted by Crippen LogP contribution is -2.26. The second-order valence-corrected chi connectivity index (χ2v) is 3.70. The van der Waals surface area contributed by atoms with Crippen molar-refractivity contribution in [2.45, 2.75) is 12.5 Å². The maximum Gasteiger partial charge on any atom is 0.120 e. The summed E-state index contributed by atoms with van der Waals surface area (Å²) in [6.45, 7) is 2.00. The first-order chi connectivity index (χ1) is 6.79. The Balaban J connectivity index is 2.15. The molecule has 1 unspecified atom stereocenters. The van der Waals surface area contributed by atoms with E-state index in [-0.39, 0.29) is 0 Å². The minimum Gasteiger partial charge on any atom is -0.497 e. The Kier molecular flexibility index (Phi) is 2.59. The number of benzene rings is 1. The summed E-state index contributed by atoms with van der Waals surface area (Å²) in [4.78, 5) is 2.30. The van der Waals surface area contributed by atoms with Crippen LogP contribution in [0, 0.1) is 0 Å². The van der Waals surface area contributed by atoms with Crippen molar-refractivity contribution in [1.29, 1.82) is 0 Å². The van der Waals surface area contributed by atoms with Crippen molar-refractivity contribution in [2.75, 3.05) is 25.1 Å². The van der Waals surface area contributed by atoms with Gasteiger partial charge in [0.05, 0.1) is 7.11 Å². The van der Waals surface area contributed by atoms with Crippen LogP contribution in [0.5, 0.6) is 5.75 Å². The van der Waals surface area contributed by atoms with Gasteiger partial charge in [0, 0.05) is 30.9 Å². The maximum atomic E-state index is 5.86. The molecule has 1 atom stereocenters. The molecule has 0 radical (unpaired) electrons. The van der Waals surface area contributed by atoms with E-state index in [1.165, 1.54) is 5.69 Å². The quantitative estimate of drug-likeness (QED) is 0.766. The van der Waals surface area contributed by atoms with E-state index >= 15 is 0 Å². The first-order valence-electron chi connectivity index (χ1n) is 4.94. The smallest absolute Gasteiger partial charge is 0.120 e. The van der Waals surface area contributed by atoms with Crippen molar-refractivity contribution in [1.82, 2.24) is 0 Å². The Morgan fingerprint density at radius 3 is 3.00 bits per heavy atom. The summed E-state index contributed by atoms with van der Waals surface area (Å²) in [5, 5.41) is 0. The van der Waals surface area contributed by atoms with Crippen LogP contribution >= 0.6 is 0 Å². The van der Waals surface area contributed by atoms with E-state index in [0.29, 0.717) is 6.04 Å². The molecule has 0 bridgehead atoms. The van der Waals surface area contributed by atoms with Crippen LogP contribution in [0.2, 0.25) is 0 Å². The molecule has 1 aliphatic rings. The minimum absolute atomic E-state index is 0.321. The van der Waals surface area contributed by atoms with Gasteiger partial charge in [-0.15, -0.1) is 0 Å². The molecular weight excluding hydrogens is 176 g/mol. The predicted octanol–water partition coefficient (Wildman–Crippen LogP) is 1.23. The van der Waals surface area contributed by atoms with Crippen molar-refractivity contribution < 1.29 is 4.74 Å². The van der Waals surface area contributed by atoms with Gasteiger partial charge in [-0.3, -0.25) is 0 Å². The van der Waals surface area contributed by atoms with Gasteiger partial charge in [0.1, 0.15) is 5.75 Å². The molecule has 0 amide bonds. The van der Waals surface area contributed by atoms with Gasteiger partial charge in [0.15, 0.2) is 0 Å². The average molecular weight is 192 g/mol. The highest BCUT2D eigenvalue weighted by molar-refractivity contribution is 5.51. The zero-order chi connectivity index (χ0) is 9.97. The molecule has 1 aliphatic heterocycles. The van der Waals surface area contributed by atoms with E-state index in [1.807, 2.05) is 12.1 Å². The van der Waals surface area contributed by atoms with Gasteiger partial charge in [-0.2, -0.15) is 0 Å². The zero-order valence-corrected chi connectivity index (χ0v) is 8.44. The van der Waals surface area contributed by atoms with E-state index in [9.17, 15) is 0 Å². The number of nitrogens with two attached hydrogens (primary N) is 1. The van der Waals surface area contributed by atoms with Gasteiger partial charge in [-0.05, 0) is 18.6 Å². The lowest BCUT2D eigenvalue weighted by Gasteiger charge is -2.18. The van der Waals surface area contributed by atoms with Crippen LogP contribution < -0.4 is 15.4 Å². The van der Waals surface area contributed by atoms with Crippen molar-refractivity contribution in [3.63, 3.8) is 0 Å². The SMILES string of the molecule is COc1cccc(N2CCC(N)C2)c1. The first kappa shape index (κ1) is 9.34. The van der Waals surface area contributed by atoms with Crippen LogP contribution in [0.25, 0.3) is 0 Å². The number of hydrogen-bond acceptors (Lipinski definition) is 3. The van der Waals surface area contributed by atoms with Crippen LogP contribution in [0.4, 0.5) is 5.69 Å². The molecule has 1 aromatic rings. The minimum atomic E-state index is 0.321. The molecule has 0 aromatic heterocycles. The van der Waals surface area contributed by atoms with Gasteiger partial charge in [0.2, 0.25) is 0 Å². The molecule has 3 heteroatoms. The molecule has 14 heavy (non-hydrogen) atoms. The van der Waals surface area contributed by atoms with Crippen LogP contribution in [0.15, 0.2) is 24.3 Å². The summed E-state index contributed by atoms with van der Waals surface area (Å²) >= 11 is 0. The zero-order valence-electron chi connectivity index (χ0n) is 8.44. The molecule has 0 saturated carbocycles. The number of rotatable bonds is 2. The highest BCUT2D eigenvalue weighted by Crippen LogP contribution is 2.23. The highest BCUT2D eigenvalue weighted by Gasteiger charge is 2.19. The summed E-state index contributed by atoms with van der Waals surface area (Å²) in [5.41, 5.74) is 7.07. The van der Waals surface area contributed by atoms with Gasteiger partial charge >= 0.3 is 0 Å². The van der Waals surface area contributed by atoms with Crippen molar-refractivity contribution >= 4 is 5.69 Å². The van der Waals surface area contributed by atoms with E-state index < -0.39 is 0 Å². The van der Waals surface area contributed by atoms with E-state index in [2.05, 4.69) is 17.0 Å². The second kappa shape index (κ2) is 3.88. The molecule has 2 rings (SSSR count). The van der Waals surface area contributed by atoms with Crippen molar-refractivity contribution in [3.05, 3.63) is 24.3 Å². The van der Waals surface area contributed by atoms with E-state index in [0.717, 1.165) is 25.3 Å². The number of ether oxygens (including phenoxy) is 1. The molecule has 0 aliphatic carbocycles. The lowest BCUT2D eigenvalue weighted by atomic mass is 10.3. The summed E-state index contributed by atoms with van der Waals surface area (Å²) in [6.07, 6.45) is 1.08. The summed E-state index contributed by atoms with van der Waals surface area (Å²) < 4.78 is 5.18. The lowest BCUT2D eigenvalue weighted by molar-refractivity contribution is 0.415. The van der Waals surface area contributed by atoms with Crippen LogP contribution in [0.1, 0.15) is 6.42 Å². The van der Waals surface area contributed by atoms with Crippen LogP contribution in [-0.2, 0) is 0 Å². The van der Waals surface area contributed by atoms with Crippen molar-refractivity contribution in [2.24, 2.45) is 5.73 Å². The van der Waals surface area contributed by atoms with Gasteiger partial charge in [-0.25, -0.2) is 0 Å². The Hall–Kier alpha value is -1.22. The molecule has 0 spiro atoms. The molecular formula is C11H16N2O. The monoisotopic (exact) mass is 192 g/mol. The Bertz CT molecular complexity index is 314. The summed E-state index contributed by atoms with van der Waals surface area (Å²) in [6, 6.07) is 8.44. The van der Waals surface area contributed by atoms with Crippen molar-refractivity contribution in [3.8, 4) is 5.75 Å². The fourth-order valence-electron chi connectivity index (χ4n) is 1.83. The maximum absolute atomic E-state index is 5.86. The topological polar surface area (TPSA) is 38.5 Å². The Morgan fingerprint density at radius 1 is 1.50 bits per heavy atom. The largest absolute Gasteiger partial charge is 0.497 e. The standard InChI is InChI=1S/C11H16N2O/c1-14-11-4-2-3-10(7-11)13-6-5-9(12)8-13/h2-4,7,9H,5-6,8,12H2,1H3. The molecule has 2 N–H and O–H groups in total. The normalized spacial score (nSPS) is 21.3. The molecule has 1 saturated heterocycles. The second-order valence-electron chi connectivity index (χ2n) is 3.70. The molecule has 76 valence electrons. The molecule has 1 heterocycles. The van der Waals surface area contributed by atoms with E-state index in [4.69, 9.17) is 10.5 Å². The number of methoxy groups -OCH3 is 1. The average Bonchev–Trinajstić information content (AvgIpc) is 2.65. The fraction of sp³-hybridized carbons (Fsp3) is 0.455. The first-order valence-corrected chi connectivity index (χ1v) is 4.94.